The quantitative estimate of drug-likeness (QED) is 0.361. The Labute approximate surface area is 180 Å². The van der Waals surface area contributed by atoms with Gasteiger partial charge in [0.1, 0.15) is 6.61 Å². The molecule has 162 valence electrons. The number of benzene rings is 2. The van der Waals surface area contributed by atoms with E-state index in [9.17, 15) is 4.79 Å². The number of hydrazone groups is 1. The van der Waals surface area contributed by atoms with Crippen LogP contribution in [0.2, 0.25) is 0 Å². The molecule has 31 heavy (non-hydrogen) atoms. The Hall–Kier alpha value is -3.65. The maximum absolute atomic E-state index is 12.1. The van der Waals surface area contributed by atoms with Crippen LogP contribution >= 0.6 is 0 Å². The van der Waals surface area contributed by atoms with Crippen LogP contribution < -0.4 is 20.5 Å². The standard InChI is InChI=1S/C23H26N4O4/c1-15-4-6-17(7-5-15)14-31-21-12-18(8-9-20(21)30-3)13-24-27-23-25-16(2)19(10-11-28)22(29)26-23/h4-9,12-13,28H,10-11,14H2,1-3H3,(H2,25,26,27,29)/b24-13-. The lowest BCUT2D eigenvalue weighted by Crippen LogP contribution is -2.19. The number of hydrogen-bond donors (Lipinski definition) is 3. The summed E-state index contributed by atoms with van der Waals surface area (Å²) in [6.07, 6.45) is 1.85. The van der Waals surface area contributed by atoms with Crippen LogP contribution in [0.15, 0.2) is 52.4 Å². The summed E-state index contributed by atoms with van der Waals surface area (Å²) in [6.45, 7) is 4.07. The van der Waals surface area contributed by atoms with Gasteiger partial charge in [-0.2, -0.15) is 5.10 Å². The van der Waals surface area contributed by atoms with Crippen molar-refractivity contribution < 1.29 is 14.6 Å². The van der Waals surface area contributed by atoms with E-state index >= 15 is 0 Å². The van der Waals surface area contributed by atoms with Gasteiger partial charge in [0.2, 0.25) is 5.95 Å². The zero-order valence-electron chi connectivity index (χ0n) is 17.8. The lowest BCUT2D eigenvalue weighted by molar-refractivity contribution is 0.284. The average Bonchev–Trinajstić information content (AvgIpc) is 2.76. The van der Waals surface area contributed by atoms with Crippen molar-refractivity contribution in [3.05, 3.63) is 80.8 Å². The molecule has 0 unspecified atom stereocenters. The Morgan fingerprint density at radius 2 is 1.94 bits per heavy atom. The minimum atomic E-state index is -0.296. The maximum atomic E-state index is 12.1. The van der Waals surface area contributed by atoms with E-state index in [1.165, 1.54) is 5.56 Å². The molecule has 0 aliphatic rings. The Balaban J connectivity index is 1.70. The number of anilines is 1. The molecule has 0 bridgehead atoms. The number of hydrogen-bond acceptors (Lipinski definition) is 7. The van der Waals surface area contributed by atoms with Gasteiger partial charge in [0.25, 0.3) is 5.56 Å². The predicted molar refractivity (Wildman–Crippen MR) is 120 cm³/mol. The lowest BCUT2D eigenvalue weighted by Gasteiger charge is -2.11. The first-order valence-electron chi connectivity index (χ1n) is 9.86. The van der Waals surface area contributed by atoms with Crippen LogP contribution in [0.5, 0.6) is 11.5 Å². The minimum Gasteiger partial charge on any atom is -0.493 e. The maximum Gasteiger partial charge on any atom is 0.255 e. The van der Waals surface area contributed by atoms with Gasteiger partial charge in [0, 0.05) is 18.6 Å². The number of nitrogens with one attached hydrogen (secondary N) is 2. The Bertz CT molecular complexity index is 1110. The summed E-state index contributed by atoms with van der Waals surface area (Å²) in [5, 5.41) is 13.2. The molecule has 2 aromatic carbocycles. The van der Waals surface area contributed by atoms with E-state index in [4.69, 9.17) is 14.6 Å². The number of aromatic amines is 1. The van der Waals surface area contributed by atoms with Crippen molar-refractivity contribution in [2.24, 2.45) is 5.10 Å². The fourth-order valence-electron chi connectivity index (χ4n) is 2.97. The van der Waals surface area contributed by atoms with Crippen LogP contribution in [-0.2, 0) is 13.0 Å². The lowest BCUT2D eigenvalue weighted by atomic mass is 10.1. The Morgan fingerprint density at radius 1 is 1.16 bits per heavy atom. The highest BCUT2D eigenvalue weighted by molar-refractivity contribution is 5.81. The van der Waals surface area contributed by atoms with Gasteiger partial charge >= 0.3 is 0 Å². The van der Waals surface area contributed by atoms with Crippen molar-refractivity contribution in [2.45, 2.75) is 26.9 Å². The Morgan fingerprint density at radius 3 is 2.61 bits per heavy atom. The zero-order valence-corrected chi connectivity index (χ0v) is 17.8. The van der Waals surface area contributed by atoms with Gasteiger partial charge < -0.3 is 14.6 Å². The molecule has 0 amide bonds. The third-order valence-electron chi connectivity index (χ3n) is 4.67. The number of aromatic nitrogens is 2. The first kappa shape index (κ1) is 22.0. The molecule has 8 heteroatoms. The van der Waals surface area contributed by atoms with Crippen LogP contribution in [0.4, 0.5) is 5.95 Å². The van der Waals surface area contributed by atoms with Crippen LogP contribution in [0, 0.1) is 13.8 Å². The number of rotatable bonds is 9. The molecule has 0 fully saturated rings. The number of aliphatic hydroxyl groups is 1. The van der Waals surface area contributed by atoms with Crippen molar-refractivity contribution >= 4 is 12.2 Å². The SMILES string of the molecule is COc1ccc(/C=N\Nc2nc(C)c(CCO)c(=O)[nH]2)cc1OCc1ccc(C)cc1. The molecule has 3 N–H and O–H groups in total. The number of aryl methyl sites for hydroxylation is 2. The molecule has 3 rings (SSSR count). The summed E-state index contributed by atoms with van der Waals surface area (Å²) >= 11 is 0. The van der Waals surface area contributed by atoms with Crippen molar-refractivity contribution in [2.75, 3.05) is 19.1 Å². The topological polar surface area (TPSA) is 109 Å². The van der Waals surface area contributed by atoms with Crippen LogP contribution in [-0.4, -0.2) is 35.0 Å². The van der Waals surface area contributed by atoms with E-state index in [1.54, 1.807) is 26.3 Å². The normalized spacial score (nSPS) is 11.0. The second-order valence-corrected chi connectivity index (χ2v) is 7.01. The molecule has 0 radical (unpaired) electrons. The van der Waals surface area contributed by atoms with Gasteiger partial charge in [-0.05, 0) is 43.2 Å². The van der Waals surface area contributed by atoms with Gasteiger partial charge in [-0.1, -0.05) is 29.8 Å². The molecule has 0 spiro atoms. The second kappa shape index (κ2) is 10.4. The Kier molecular flexibility index (Phi) is 7.40. The minimum absolute atomic E-state index is 0.109. The van der Waals surface area contributed by atoms with Crippen molar-refractivity contribution in [1.82, 2.24) is 9.97 Å². The van der Waals surface area contributed by atoms with Crippen molar-refractivity contribution in [3.8, 4) is 11.5 Å². The highest BCUT2D eigenvalue weighted by Crippen LogP contribution is 2.28. The fraction of sp³-hybridized carbons (Fsp3) is 0.261. The summed E-state index contributed by atoms with van der Waals surface area (Å²) in [7, 11) is 1.59. The van der Waals surface area contributed by atoms with E-state index in [1.807, 2.05) is 43.3 Å². The summed E-state index contributed by atoms with van der Waals surface area (Å²) < 4.78 is 11.3. The molecule has 0 aliphatic heterocycles. The van der Waals surface area contributed by atoms with E-state index in [0.717, 1.165) is 11.1 Å². The van der Waals surface area contributed by atoms with E-state index in [2.05, 4.69) is 20.5 Å². The van der Waals surface area contributed by atoms with Gasteiger partial charge in [0.15, 0.2) is 11.5 Å². The summed E-state index contributed by atoms with van der Waals surface area (Å²) in [5.41, 5.74) is 6.47. The highest BCUT2D eigenvalue weighted by atomic mass is 16.5. The van der Waals surface area contributed by atoms with Gasteiger partial charge in [0.05, 0.1) is 19.0 Å². The number of methoxy groups -OCH3 is 1. The van der Waals surface area contributed by atoms with Crippen LogP contribution in [0.3, 0.4) is 0 Å². The molecule has 0 saturated heterocycles. The first-order valence-corrected chi connectivity index (χ1v) is 9.86. The van der Waals surface area contributed by atoms with E-state index < -0.39 is 0 Å². The molecular formula is C23H26N4O4. The number of H-pyrrole nitrogens is 1. The van der Waals surface area contributed by atoms with Crippen LogP contribution in [0.25, 0.3) is 0 Å². The number of ether oxygens (including phenoxy) is 2. The third kappa shape index (κ3) is 5.93. The van der Waals surface area contributed by atoms with Crippen molar-refractivity contribution in [3.63, 3.8) is 0 Å². The molecule has 0 atom stereocenters. The number of aliphatic hydroxyl groups excluding tert-OH is 1. The zero-order chi connectivity index (χ0) is 22.2. The highest BCUT2D eigenvalue weighted by Gasteiger charge is 2.08. The van der Waals surface area contributed by atoms with E-state index in [-0.39, 0.29) is 24.5 Å². The summed E-state index contributed by atoms with van der Waals surface area (Å²) in [4.78, 5) is 19.0. The molecule has 1 heterocycles. The van der Waals surface area contributed by atoms with Gasteiger partial charge in [-0.3, -0.25) is 9.78 Å². The molecule has 8 nitrogen and oxygen atoms in total. The molecule has 3 aromatic rings. The second-order valence-electron chi connectivity index (χ2n) is 7.01. The summed E-state index contributed by atoms with van der Waals surface area (Å²) in [6, 6.07) is 13.6. The predicted octanol–water partition coefficient (Wildman–Crippen LogP) is 2.96. The molecule has 0 saturated carbocycles. The van der Waals surface area contributed by atoms with Gasteiger partial charge in [-0.25, -0.2) is 10.4 Å². The fourth-order valence-corrected chi connectivity index (χ4v) is 2.97. The summed E-state index contributed by atoms with van der Waals surface area (Å²) in [5.74, 6) is 1.45. The molecular weight excluding hydrogens is 396 g/mol. The molecule has 0 aliphatic carbocycles. The number of nitrogens with zero attached hydrogens (tertiary/aromatic N) is 2. The monoisotopic (exact) mass is 422 g/mol. The first-order chi connectivity index (χ1) is 15.0. The van der Waals surface area contributed by atoms with Crippen LogP contribution in [0.1, 0.15) is 27.9 Å². The van der Waals surface area contributed by atoms with Gasteiger partial charge in [-0.15, -0.1) is 0 Å². The van der Waals surface area contributed by atoms with Crippen molar-refractivity contribution in [1.29, 1.82) is 0 Å². The van der Waals surface area contributed by atoms with E-state index in [0.29, 0.717) is 29.4 Å². The average molecular weight is 422 g/mol. The molecule has 1 aromatic heterocycles. The smallest absolute Gasteiger partial charge is 0.255 e. The largest absolute Gasteiger partial charge is 0.493 e. The third-order valence-corrected chi connectivity index (χ3v) is 4.67.